The van der Waals surface area contributed by atoms with Gasteiger partial charge >= 0.3 is 0 Å². The van der Waals surface area contributed by atoms with E-state index < -0.39 is 0 Å². The van der Waals surface area contributed by atoms with Crippen molar-refractivity contribution in [2.75, 3.05) is 26.7 Å². The van der Waals surface area contributed by atoms with Gasteiger partial charge < -0.3 is 15.5 Å². The summed E-state index contributed by atoms with van der Waals surface area (Å²) in [5, 5.41) is 0. The lowest BCUT2D eigenvalue weighted by Gasteiger charge is -2.38. The number of rotatable bonds is 2. The summed E-state index contributed by atoms with van der Waals surface area (Å²) in [6.45, 7) is 6.65. The standard InChI is InChI=1S/C10H21N3O/c1-4-9(11)10(14)13-6-5-12(3)8(2)7-13/h8-9H,4-7,11H2,1-3H3/t8?,9-/m0/s1. The van der Waals surface area contributed by atoms with E-state index in [0.29, 0.717) is 6.04 Å². The molecule has 1 rings (SSSR count). The molecule has 1 heterocycles. The van der Waals surface area contributed by atoms with E-state index in [0.717, 1.165) is 26.1 Å². The minimum Gasteiger partial charge on any atom is -0.339 e. The van der Waals surface area contributed by atoms with E-state index in [9.17, 15) is 4.79 Å². The Bertz CT molecular complexity index is 208. The summed E-state index contributed by atoms with van der Waals surface area (Å²) >= 11 is 0. The van der Waals surface area contributed by atoms with Crippen LogP contribution in [0.1, 0.15) is 20.3 Å². The number of piperazine rings is 1. The first-order valence-corrected chi connectivity index (χ1v) is 5.30. The summed E-state index contributed by atoms with van der Waals surface area (Å²) in [7, 11) is 2.09. The minimum absolute atomic E-state index is 0.104. The number of carbonyl (C=O) groups is 1. The topological polar surface area (TPSA) is 49.6 Å². The lowest BCUT2D eigenvalue weighted by molar-refractivity contribution is -0.135. The Morgan fingerprint density at radius 2 is 2.21 bits per heavy atom. The number of hydrogen-bond acceptors (Lipinski definition) is 3. The van der Waals surface area contributed by atoms with Gasteiger partial charge in [0, 0.05) is 25.7 Å². The minimum atomic E-state index is -0.314. The summed E-state index contributed by atoms with van der Waals surface area (Å²) in [6.07, 6.45) is 0.722. The van der Waals surface area contributed by atoms with Crippen molar-refractivity contribution in [2.45, 2.75) is 32.4 Å². The maximum absolute atomic E-state index is 11.8. The molecule has 82 valence electrons. The molecule has 2 N–H and O–H groups in total. The van der Waals surface area contributed by atoms with Crippen LogP contribution >= 0.6 is 0 Å². The zero-order chi connectivity index (χ0) is 10.7. The highest BCUT2D eigenvalue weighted by Gasteiger charge is 2.26. The predicted molar refractivity (Wildman–Crippen MR) is 56.9 cm³/mol. The Kier molecular flexibility index (Phi) is 3.89. The summed E-state index contributed by atoms with van der Waals surface area (Å²) in [4.78, 5) is 15.9. The number of nitrogens with zero attached hydrogens (tertiary/aromatic N) is 2. The number of carbonyl (C=O) groups excluding carboxylic acids is 1. The van der Waals surface area contributed by atoms with Crippen LogP contribution in [0.3, 0.4) is 0 Å². The summed E-state index contributed by atoms with van der Waals surface area (Å²) in [6, 6.07) is 0.127. The van der Waals surface area contributed by atoms with Crippen LogP contribution in [0.25, 0.3) is 0 Å². The van der Waals surface area contributed by atoms with Crippen molar-refractivity contribution in [3.63, 3.8) is 0 Å². The summed E-state index contributed by atoms with van der Waals surface area (Å²) < 4.78 is 0. The molecule has 0 aromatic heterocycles. The van der Waals surface area contributed by atoms with Crippen molar-refractivity contribution in [1.29, 1.82) is 0 Å². The van der Waals surface area contributed by atoms with Gasteiger partial charge in [0.1, 0.15) is 0 Å². The molecule has 1 saturated heterocycles. The molecule has 0 bridgehead atoms. The molecule has 0 aliphatic carbocycles. The third-order valence-electron chi connectivity index (χ3n) is 3.03. The molecule has 1 aliphatic heterocycles. The average Bonchev–Trinajstić information content (AvgIpc) is 2.20. The van der Waals surface area contributed by atoms with Crippen molar-refractivity contribution < 1.29 is 4.79 Å². The van der Waals surface area contributed by atoms with E-state index in [1.54, 1.807) is 0 Å². The average molecular weight is 199 g/mol. The van der Waals surface area contributed by atoms with Crippen LogP contribution in [0.15, 0.2) is 0 Å². The third kappa shape index (κ3) is 2.45. The first-order chi connectivity index (χ1) is 6.56. The number of nitrogens with two attached hydrogens (primary N) is 1. The van der Waals surface area contributed by atoms with E-state index in [1.165, 1.54) is 0 Å². The molecule has 0 radical (unpaired) electrons. The maximum atomic E-state index is 11.8. The van der Waals surface area contributed by atoms with Crippen LogP contribution in [-0.2, 0) is 4.79 Å². The zero-order valence-corrected chi connectivity index (χ0v) is 9.36. The molecule has 1 amide bonds. The Morgan fingerprint density at radius 3 is 2.71 bits per heavy atom. The Hall–Kier alpha value is -0.610. The number of likely N-dealkylation sites (N-methyl/N-ethyl adjacent to an activating group) is 1. The second-order valence-corrected chi connectivity index (χ2v) is 4.13. The second kappa shape index (κ2) is 4.75. The van der Waals surface area contributed by atoms with Gasteiger partial charge in [0.2, 0.25) is 5.91 Å². The Labute approximate surface area is 86.0 Å². The smallest absolute Gasteiger partial charge is 0.239 e. The molecule has 1 aliphatic rings. The highest BCUT2D eigenvalue weighted by atomic mass is 16.2. The Balaban J connectivity index is 2.50. The predicted octanol–water partition coefficient (Wildman–Crippen LogP) is -0.114. The van der Waals surface area contributed by atoms with Gasteiger partial charge in [-0.15, -0.1) is 0 Å². The second-order valence-electron chi connectivity index (χ2n) is 4.13. The fraction of sp³-hybridized carbons (Fsp3) is 0.900. The van der Waals surface area contributed by atoms with E-state index in [2.05, 4.69) is 18.9 Å². The van der Waals surface area contributed by atoms with Gasteiger partial charge in [-0.2, -0.15) is 0 Å². The quantitative estimate of drug-likeness (QED) is 0.675. The third-order valence-corrected chi connectivity index (χ3v) is 3.03. The molecule has 1 fully saturated rings. The molecule has 0 aromatic rings. The van der Waals surface area contributed by atoms with Crippen molar-refractivity contribution in [3.05, 3.63) is 0 Å². The molecule has 14 heavy (non-hydrogen) atoms. The fourth-order valence-corrected chi connectivity index (χ4v) is 1.66. The Morgan fingerprint density at radius 1 is 1.57 bits per heavy atom. The maximum Gasteiger partial charge on any atom is 0.239 e. The molecule has 2 atom stereocenters. The summed E-state index contributed by atoms with van der Waals surface area (Å²) in [5.41, 5.74) is 5.72. The van der Waals surface area contributed by atoms with E-state index in [4.69, 9.17) is 5.73 Å². The first kappa shape index (κ1) is 11.5. The molecule has 4 nitrogen and oxygen atoms in total. The van der Waals surface area contributed by atoms with Crippen molar-refractivity contribution in [2.24, 2.45) is 5.73 Å². The largest absolute Gasteiger partial charge is 0.339 e. The van der Waals surface area contributed by atoms with Gasteiger partial charge in [0.05, 0.1) is 6.04 Å². The van der Waals surface area contributed by atoms with Gasteiger partial charge in [-0.1, -0.05) is 6.92 Å². The molecule has 4 heteroatoms. The van der Waals surface area contributed by atoms with Crippen molar-refractivity contribution in [3.8, 4) is 0 Å². The van der Waals surface area contributed by atoms with Gasteiger partial charge in [-0.25, -0.2) is 0 Å². The lowest BCUT2D eigenvalue weighted by Crippen LogP contribution is -2.55. The first-order valence-electron chi connectivity index (χ1n) is 5.30. The lowest BCUT2D eigenvalue weighted by atomic mass is 10.1. The molecule has 1 unspecified atom stereocenters. The molecular formula is C10H21N3O. The van der Waals surface area contributed by atoms with Crippen LogP contribution in [-0.4, -0.2) is 54.5 Å². The zero-order valence-electron chi connectivity index (χ0n) is 9.36. The van der Waals surface area contributed by atoms with Gasteiger partial charge in [0.15, 0.2) is 0 Å². The van der Waals surface area contributed by atoms with Crippen LogP contribution < -0.4 is 5.73 Å². The van der Waals surface area contributed by atoms with Crippen molar-refractivity contribution in [1.82, 2.24) is 9.80 Å². The molecule has 0 spiro atoms. The molecular weight excluding hydrogens is 178 g/mol. The SMILES string of the molecule is CC[C@H](N)C(=O)N1CCN(C)C(C)C1. The summed E-state index contributed by atoms with van der Waals surface area (Å²) in [5.74, 6) is 0.104. The highest BCUT2D eigenvalue weighted by molar-refractivity contribution is 5.81. The van der Waals surface area contributed by atoms with E-state index in [1.807, 2.05) is 11.8 Å². The van der Waals surface area contributed by atoms with Crippen LogP contribution in [0.4, 0.5) is 0 Å². The van der Waals surface area contributed by atoms with Crippen LogP contribution in [0.2, 0.25) is 0 Å². The van der Waals surface area contributed by atoms with Gasteiger partial charge in [-0.05, 0) is 20.4 Å². The van der Waals surface area contributed by atoms with Crippen LogP contribution in [0, 0.1) is 0 Å². The molecule has 0 aromatic carbocycles. The van der Waals surface area contributed by atoms with E-state index in [-0.39, 0.29) is 11.9 Å². The number of amides is 1. The van der Waals surface area contributed by atoms with Gasteiger partial charge in [0.25, 0.3) is 0 Å². The van der Waals surface area contributed by atoms with E-state index >= 15 is 0 Å². The monoisotopic (exact) mass is 199 g/mol. The van der Waals surface area contributed by atoms with Crippen molar-refractivity contribution >= 4 is 5.91 Å². The fourth-order valence-electron chi connectivity index (χ4n) is 1.66. The highest BCUT2D eigenvalue weighted by Crippen LogP contribution is 2.08. The normalized spacial score (nSPS) is 26.3. The van der Waals surface area contributed by atoms with Gasteiger partial charge in [-0.3, -0.25) is 4.79 Å². The molecule has 0 saturated carbocycles. The van der Waals surface area contributed by atoms with Crippen LogP contribution in [0.5, 0.6) is 0 Å². The number of hydrogen-bond donors (Lipinski definition) is 1.